The smallest absolute Gasteiger partial charge is 0.245 e. The molecule has 0 bridgehead atoms. The van der Waals surface area contributed by atoms with Gasteiger partial charge in [0.1, 0.15) is 5.54 Å². The average molecular weight is 357 g/mol. The van der Waals surface area contributed by atoms with Gasteiger partial charge in [-0.25, -0.2) is 0 Å². The maximum absolute atomic E-state index is 12.8. The molecular weight excluding hydrogens is 336 g/mol. The van der Waals surface area contributed by atoms with Crippen molar-refractivity contribution < 1.29 is 9.59 Å². The molecule has 0 radical (unpaired) electrons. The van der Waals surface area contributed by atoms with Crippen LogP contribution in [-0.4, -0.2) is 22.3 Å². The summed E-state index contributed by atoms with van der Waals surface area (Å²) in [6.45, 7) is 2.71. The van der Waals surface area contributed by atoms with Gasteiger partial charge < -0.3 is 10.2 Å². The number of likely N-dealkylation sites (tertiary alicyclic amines) is 1. The minimum Gasteiger partial charge on any atom is -0.350 e. The SMILES string of the molecule is CC1(C(=O)NCc2ccccc2)CCC(=O)N1Cc1ccc(Cl)cc1. The fourth-order valence-electron chi connectivity index (χ4n) is 3.14. The summed E-state index contributed by atoms with van der Waals surface area (Å²) in [7, 11) is 0. The largest absolute Gasteiger partial charge is 0.350 e. The van der Waals surface area contributed by atoms with Crippen LogP contribution >= 0.6 is 11.6 Å². The van der Waals surface area contributed by atoms with Gasteiger partial charge in [0, 0.05) is 24.5 Å². The number of nitrogens with zero attached hydrogens (tertiary/aromatic N) is 1. The summed E-state index contributed by atoms with van der Waals surface area (Å²) < 4.78 is 0. The van der Waals surface area contributed by atoms with E-state index in [1.165, 1.54) is 0 Å². The van der Waals surface area contributed by atoms with Gasteiger partial charge in [-0.15, -0.1) is 0 Å². The zero-order valence-corrected chi connectivity index (χ0v) is 14.9. The van der Waals surface area contributed by atoms with Crippen LogP contribution in [0, 0.1) is 0 Å². The van der Waals surface area contributed by atoms with E-state index in [-0.39, 0.29) is 11.8 Å². The Morgan fingerprint density at radius 2 is 1.80 bits per heavy atom. The molecule has 1 fully saturated rings. The van der Waals surface area contributed by atoms with Gasteiger partial charge in [0.05, 0.1) is 0 Å². The minimum atomic E-state index is -0.828. The lowest BCUT2D eigenvalue weighted by Gasteiger charge is -2.34. The van der Waals surface area contributed by atoms with E-state index in [1.54, 1.807) is 17.0 Å². The van der Waals surface area contributed by atoms with Gasteiger partial charge in [0.25, 0.3) is 0 Å². The normalized spacial score (nSPS) is 19.9. The molecular formula is C20H21ClN2O2. The Labute approximate surface area is 152 Å². The highest BCUT2D eigenvalue weighted by atomic mass is 35.5. The molecule has 1 aliphatic heterocycles. The van der Waals surface area contributed by atoms with E-state index in [9.17, 15) is 9.59 Å². The predicted octanol–water partition coefficient (Wildman–Crippen LogP) is 3.54. The summed E-state index contributed by atoms with van der Waals surface area (Å²) in [5, 5.41) is 3.63. The minimum absolute atomic E-state index is 0.00677. The molecule has 5 heteroatoms. The van der Waals surface area contributed by atoms with Crippen molar-refractivity contribution >= 4 is 23.4 Å². The van der Waals surface area contributed by atoms with Gasteiger partial charge >= 0.3 is 0 Å². The second kappa shape index (κ2) is 7.28. The third-order valence-electron chi connectivity index (χ3n) is 4.76. The van der Waals surface area contributed by atoms with Crippen LogP contribution in [0.4, 0.5) is 0 Å². The highest BCUT2D eigenvalue weighted by Gasteiger charge is 2.46. The maximum atomic E-state index is 12.8. The zero-order chi connectivity index (χ0) is 17.9. The van der Waals surface area contributed by atoms with Gasteiger partial charge in [0.15, 0.2) is 0 Å². The molecule has 0 saturated carbocycles. The van der Waals surface area contributed by atoms with Crippen molar-refractivity contribution in [2.45, 2.75) is 38.4 Å². The number of rotatable bonds is 5. The fraction of sp³-hybridized carbons (Fsp3) is 0.300. The molecule has 1 N–H and O–H groups in total. The number of benzene rings is 2. The monoisotopic (exact) mass is 356 g/mol. The lowest BCUT2D eigenvalue weighted by atomic mass is 9.97. The first-order valence-corrected chi connectivity index (χ1v) is 8.74. The molecule has 1 aliphatic rings. The van der Waals surface area contributed by atoms with Crippen molar-refractivity contribution in [2.24, 2.45) is 0 Å². The van der Waals surface area contributed by atoms with Crippen molar-refractivity contribution in [3.05, 3.63) is 70.7 Å². The summed E-state index contributed by atoms with van der Waals surface area (Å²) in [6.07, 6.45) is 0.920. The van der Waals surface area contributed by atoms with E-state index in [4.69, 9.17) is 11.6 Å². The van der Waals surface area contributed by atoms with E-state index < -0.39 is 5.54 Å². The highest BCUT2D eigenvalue weighted by molar-refractivity contribution is 6.30. The molecule has 25 heavy (non-hydrogen) atoms. The number of nitrogens with one attached hydrogen (secondary N) is 1. The summed E-state index contributed by atoms with van der Waals surface area (Å²) >= 11 is 5.92. The molecule has 1 saturated heterocycles. The van der Waals surface area contributed by atoms with Crippen LogP contribution in [0.15, 0.2) is 54.6 Å². The van der Waals surface area contributed by atoms with Crippen molar-refractivity contribution in [3.63, 3.8) is 0 Å². The molecule has 0 spiro atoms. The third kappa shape index (κ3) is 3.85. The van der Waals surface area contributed by atoms with Crippen molar-refractivity contribution in [1.82, 2.24) is 10.2 Å². The van der Waals surface area contributed by atoms with E-state index in [0.717, 1.165) is 11.1 Å². The summed E-state index contributed by atoms with van der Waals surface area (Å²) in [5.41, 5.74) is 1.17. The number of carbonyl (C=O) groups is 2. The van der Waals surface area contributed by atoms with Gasteiger partial charge in [0.2, 0.25) is 11.8 Å². The molecule has 1 atom stereocenters. The van der Waals surface area contributed by atoms with Crippen molar-refractivity contribution in [1.29, 1.82) is 0 Å². The second-order valence-corrected chi connectivity index (χ2v) is 6.98. The molecule has 130 valence electrons. The zero-order valence-electron chi connectivity index (χ0n) is 14.2. The van der Waals surface area contributed by atoms with Gasteiger partial charge in [-0.3, -0.25) is 9.59 Å². The summed E-state index contributed by atoms with van der Waals surface area (Å²) in [4.78, 5) is 26.9. The van der Waals surface area contributed by atoms with Gasteiger partial charge in [-0.05, 0) is 36.6 Å². The standard InChI is InChI=1S/C20H21ClN2O2/c1-20(19(25)22-13-15-5-3-2-4-6-15)12-11-18(24)23(20)14-16-7-9-17(21)10-8-16/h2-10H,11-14H2,1H3,(H,22,25). The Morgan fingerprint density at radius 3 is 2.48 bits per heavy atom. The lowest BCUT2D eigenvalue weighted by Crippen LogP contribution is -2.53. The number of hydrogen-bond donors (Lipinski definition) is 1. The maximum Gasteiger partial charge on any atom is 0.245 e. The number of amides is 2. The van der Waals surface area contributed by atoms with Crippen LogP contribution in [0.1, 0.15) is 30.9 Å². The Bertz CT molecular complexity index is 761. The first-order valence-electron chi connectivity index (χ1n) is 8.36. The van der Waals surface area contributed by atoms with Crippen LogP contribution in [-0.2, 0) is 22.7 Å². The molecule has 1 unspecified atom stereocenters. The van der Waals surface area contributed by atoms with Crippen molar-refractivity contribution in [3.8, 4) is 0 Å². The molecule has 1 heterocycles. The Hall–Kier alpha value is -2.33. The molecule has 4 nitrogen and oxygen atoms in total. The molecule has 2 aromatic rings. The van der Waals surface area contributed by atoms with Crippen LogP contribution in [0.3, 0.4) is 0 Å². The van der Waals surface area contributed by atoms with E-state index in [2.05, 4.69) is 5.32 Å². The first-order chi connectivity index (χ1) is 12.0. The van der Waals surface area contributed by atoms with E-state index in [1.807, 2.05) is 49.4 Å². The predicted molar refractivity (Wildman–Crippen MR) is 97.9 cm³/mol. The lowest BCUT2D eigenvalue weighted by molar-refractivity contribution is -0.141. The highest BCUT2D eigenvalue weighted by Crippen LogP contribution is 2.32. The average Bonchev–Trinajstić information content (AvgIpc) is 2.92. The van der Waals surface area contributed by atoms with Crippen LogP contribution in [0.2, 0.25) is 5.02 Å². The summed E-state index contributed by atoms with van der Waals surface area (Å²) in [6, 6.07) is 17.1. The Balaban J connectivity index is 1.71. The van der Waals surface area contributed by atoms with E-state index in [0.29, 0.717) is 31.0 Å². The molecule has 0 aromatic heterocycles. The van der Waals surface area contributed by atoms with Crippen LogP contribution in [0.25, 0.3) is 0 Å². The number of hydrogen-bond acceptors (Lipinski definition) is 2. The number of halogens is 1. The van der Waals surface area contributed by atoms with Crippen molar-refractivity contribution in [2.75, 3.05) is 0 Å². The molecule has 3 rings (SSSR count). The topological polar surface area (TPSA) is 49.4 Å². The Kier molecular flexibility index (Phi) is 5.09. The van der Waals surface area contributed by atoms with Gasteiger partial charge in [-0.2, -0.15) is 0 Å². The summed E-state index contributed by atoms with van der Waals surface area (Å²) in [5.74, 6) is -0.108. The Morgan fingerprint density at radius 1 is 1.12 bits per heavy atom. The fourth-order valence-corrected chi connectivity index (χ4v) is 3.26. The second-order valence-electron chi connectivity index (χ2n) is 6.55. The number of carbonyl (C=O) groups excluding carboxylic acids is 2. The molecule has 2 aromatic carbocycles. The van der Waals surface area contributed by atoms with Crippen LogP contribution in [0.5, 0.6) is 0 Å². The molecule has 0 aliphatic carbocycles. The molecule has 2 amide bonds. The van der Waals surface area contributed by atoms with E-state index >= 15 is 0 Å². The quantitative estimate of drug-likeness (QED) is 0.890. The third-order valence-corrected chi connectivity index (χ3v) is 5.01. The van der Waals surface area contributed by atoms with Gasteiger partial charge in [-0.1, -0.05) is 54.1 Å². The first kappa shape index (κ1) is 17.5. The van der Waals surface area contributed by atoms with Crippen LogP contribution < -0.4 is 5.32 Å².